The van der Waals surface area contributed by atoms with E-state index in [4.69, 9.17) is 16.3 Å². The molecule has 2 aliphatic rings. The molecule has 3 rings (SSSR count). The Morgan fingerprint density at radius 3 is 2.85 bits per heavy atom. The number of likely N-dealkylation sites (tertiary alicyclic amines) is 1. The highest BCUT2D eigenvalue weighted by molar-refractivity contribution is 14.0. The van der Waals surface area contributed by atoms with Gasteiger partial charge in [-0.1, -0.05) is 17.7 Å². The van der Waals surface area contributed by atoms with Crippen molar-refractivity contribution in [3.8, 4) is 0 Å². The fraction of sp³-hybridized carbons (Fsp3) is 0.588. The van der Waals surface area contributed by atoms with Crippen molar-refractivity contribution in [3.05, 3.63) is 29.3 Å². The molecule has 2 N–H and O–H groups in total. The molecular weight excluding hydrogens is 503 g/mol. The van der Waals surface area contributed by atoms with Gasteiger partial charge in [-0.25, -0.2) is 13.1 Å². The summed E-state index contributed by atoms with van der Waals surface area (Å²) in [4.78, 5) is 6.71. The molecule has 0 radical (unpaired) electrons. The van der Waals surface area contributed by atoms with Crippen LogP contribution >= 0.6 is 35.6 Å². The Kier molecular flexibility index (Phi) is 8.17. The maximum absolute atomic E-state index is 12.3. The van der Waals surface area contributed by atoms with Crippen LogP contribution in [-0.2, 0) is 14.8 Å². The van der Waals surface area contributed by atoms with Gasteiger partial charge in [-0.3, -0.25) is 4.99 Å². The van der Waals surface area contributed by atoms with Gasteiger partial charge in [0.2, 0.25) is 10.0 Å². The number of benzene rings is 1. The summed E-state index contributed by atoms with van der Waals surface area (Å²) in [6, 6.07) is 6.22. The van der Waals surface area contributed by atoms with Gasteiger partial charge in [0.15, 0.2) is 5.96 Å². The SMILES string of the molecule is CN=C(NCCNS(=O)(=O)c1cccc(Cl)c1)N1CCC2(CCOC2)C1.I. The first-order valence-corrected chi connectivity index (χ1v) is 10.6. The summed E-state index contributed by atoms with van der Waals surface area (Å²) in [5.74, 6) is 0.802. The first-order valence-electron chi connectivity index (χ1n) is 8.73. The number of ether oxygens (including phenoxy) is 1. The zero-order chi connectivity index (χ0) is 18.6. The second-order valence-corrected chi connectivity index (χ2v) is 9.01. The van der Waals surface area contributed by atoms with Gasteiger partial charge in [0.25, 0.3) is 0 Å². The van der Waals surface area contributed by atoms with Crippen molar-refractivity contribution in [3.63, 3.8) is 0 Å². The number of halogens is 2. The van der Waals surface area contributed by atoms with Crippen LogP contribution in [0.1, 0.15) is 12.8 Å². The Bertz CT molecular complexity index is 769. The van der Waals surface area contributed by atoms with Gasteiger partial charge < -0.3 is 15.0 Å². The molecule has 0 bridgehead atoms. The quantitative estimate of drug-likeness (QED) is 0.264. The smallest absolute Gasteiger partial charge is 0.240 e. The molecule has 2 saturated heterocycles. The number of nitrogens with zero attached hydrogens (tertiary/aromatic N) is 2. The minimum Gasteiger partial charge on any atom is -0.381 e. The van der Waals surface area contributed by atoms with Gasteiger partial charge in [0, 0.05) is 50.3 Å². The predicted octanol–water partition coefficient (Wildman–Crippen LogP) is 1.92. The highest BCUT2D eigenvalue weighted by Crippen LogP contribution is 2.38. The van der Waals surface area contributed by atoms with Gasteiger partial charge in [0.1, 0.15) is 0 Å². The molecule has 152 valence electrons. The summed E-state index contributed by atoms with van der Waals surface area (Å²) < 4.78 is 32.7. The summed E-state index contributed by atoms with van der Waals surface area (Å²) in [5, 5.41) is 3.63. The normalized spacial score (nSPS) is 22.9. The van der Waals surface area contributed by atoms with Crippen molar-refractivity contribution in [1.82, 2.24) is 14.9 Å². The number of hydrogen-bond donors (Lipinski definition) is 2. The first-order chi connectivity index (χ1) is 12.4. The molecule has 2 aliphatic heterocycles. The Balaban J connectivity index is 0.00000261. The standard InChI is InChI=1S/C17H25ClN4O3S.HI/c1-19-16(22-9-5-17(12-22)6-10-25-13-17)20-7-8-21-26(23,24)15-4-2-3-14(18)11-15;/h2-4,11,21H,5-10,12-13H2,1H3,(H,19,20);1H. The van der Waals surface area contributed by atoms with Crippen molar-refractivity contribution in [2.75, 3.05) is 46.4 Å². The molecule has 27 heavy (non-hydrogen) atoms. The van der Waals surface area contributed by atoms with Crippen molar-refractivity contribution in [2.45, 2.75) is 17.7 Å². The fourth-order valence-corrected chi connectivity index (χ4v) is 4.83. The molecule has 2 heterocycles. The van der Waals surface area contributed by atoms with Crippen LogP contribution in [0.25, 0.3) is 0 Å². The van der Waals surface area contributed by atoms with Crippen LogP contribution in [0.3, 0.4) is 0 Å². The van der Waals surface area contributed by atoms with E-state index in [0.29, 0.717) is 11.6 Å². The highest BCUT2D eigenvalue weighted by atomic mass is 127. The second-order valence-electron chi connectivity index (χ2n) is 6.80. The lowest BCUT2D eigenvalue weighted by Gasteiger charge is -2.25. The maximum Gasteiger partial charge on any atom is 0.240 e. The molecule has 7 nitrogen and oxygen atoms in total. The van der Waals surface area contributed by atoms with Gasteiger partial charge in [-0.2, -0.15) is 0 Å². The molecule has 0 aromatic heterocycles. The van der Waals surface area contributed by atoms with Crippen molar-refractivity contribution in [1.29, 1.82) is 0 Å². The van der Waals surface area contributed by atoms with Crippen LogP contribution in [0.5, 0.6) is 0 Å². The van der Waals surface area contributed by atoms with Gasteiger partial charge in [0.05, 0.1) is 11.5 Å². The highest BCUT2D eigenvalue weighted by Gasteiger charge is 2.42. The summed E-state index contributed by atoms with van der Waals surface area (Å²) >= 11 is 5.86. The zero-order valence-corrected chi connectivity index (χ0v) is 19.2. The number of rotatable bonds is 5. The maximum atomic E-state index is 12.3. The molecule has 1 aromatic carbocycles. The van der Waals surface area contributed by atoms with Crippen LogP contribution in [0.2, 0.25) is 5.02 Å². The minimum absolute atomic E-state index is 0. The van der Waals surface area contributed by atoms with E-state index in [1.807, 2.05) is 0 Å². The predicted molar refractivity (Wildman–Crippen MR) is 117 cm³/mol. The zero-order valence-electron chi connectivity index (χ0n) is 15.3. The van der Waals surface area contributed by atoms with E-state index >= 15 is 0 Å². The van der Waals surface area contributed by atoms with E-state index in [1.165, 1.54) is 12.1 Å². The molecule has 1 unspecified atom stereocenters. The third-order valence-corrected chi connectivity index (χ3v) is 6.64. The Hall–Kier alpha value is -0.620. The molecular formula is C17H26ClIN4O3S. The van der Waals surface area contributed by atoms with E-state index in [0.717, 1.165) is 45.1 Å². The lowest BCUT2D eigenvalue weighted by atomic mass is 9.87. The van der Waals surface area contributed by atoms with Crippen LogP contribution in [0, 0.1) is 5.41 Å². The monoisotopic (exact) mass is 528 g/mol. The van der Waals surface area contributed by atoms with Gasteiger partial charge in [-0.05, 0) is 31.0 Å². The fourth-order valence-electron chi connectivity index (χ4n) is 3.50. The van der Waals surface area contributed by atoms with Crippen LogP contribution < -0.4 is 10.0 Å². The van der Waals surface area contributed by atoms with Gasteiger partial charge >= 0.3 is 0 Å². The average Bonchev–Trinajstić information content (AvgIpc) is 3.25. The lowest BCUT2D eigenvalue weighted by molar-refractivity contribution is 0.156. The number of hydrogen-bond acceptors (Lipinski definition) is 4. The van der Waals surface area contributed by atoms with Crippen molar-refractivity contribution >= 4 is 51.6 Å². The lowest BCUT2D eigenvalue weighted by Crippen LogP contribution is -2.44. The van der Waals surface area contributed by atoms with Crippen LogP contribution in [0.4, 0.5) is 0 Å². The summed E-state index contributed by atoms with van der Waals surface area (Å²) in [6.45, 7) is 4.24. The molecule has 2 fully saturated rings. The minimum atomic E-state index is -3.57. The largest absolute Gasteiger partial charge is 0.381 e. The third kappa shape index (κ3) is 5.69. The van der Waals surface area contributed by atoms with Crippen LogP contribution in [-0.4, -0.2) is 65.7 Å². The molecule has 1 aromatic rings. The number of guanidine groups is 1. The van der Waals surface area contributed by atoms with E-state index in [2.05, 4.69) is 19.9 Å². The number of nitrogens with one attached hydrogen (secondary N) is 2. The van der Waals surface area contributed by atoms with E-state index in [1.54, 1.807) is 19.2 Å². The van der Waals surface area contributed by atoms with E-state index in [-0.39, 0.29) is 40.8 Å². The topological polar surface area (TPSA) is 83.0 Å². The average molecular weight is 529 g/mol. The molecule has 1 atom stereocenters. The molecule has 0 amide bonds. The Morgan fingerprint density at radius 1 is 1.37 bits per heavy atom. The molecule has 1 spiro atoms. The first kappa shape index (κ1) is 22.7. The van der Waals surface area contributed by atoms with E-state index < -0.39 is 10.0 Å². The Labute approximate surface area is 183 Å². The summed E-state index contributed by atoms with van der Waals surface area (Å²) in [6.07, 6.45) is 2.20. The van der Waals surface area contributed by atoms with Crippen molar-refractivity contribution in [2.24, 2.45) is 10.4 Å². The number of aliphatic imine (C=N–C) groups is 1. The summed E-state index contributed by atoms with van der Waals surface area (Å²) in [7, 11) is -1.82. The Morgan fingerprint density at radius 2 is 2.19 bits per heavy atom. The van der Waals surface area contributed by atoms with Crippen LogP contribution in [0.15, 0.2) is 34.2 Å². The molecule has 10 heteroatoms. The van der Waals surface area contributed by atoms with Crippen molar-refractivity contribution < 1.29 is 13.2 Å². The third-order valence-electron chi connectivity index (χ3n) is 4.94. The molecule has 0 saturated carbocycles. The van der Waals surface area contributed by atoms with E-state index in [9.17, 15) is 8.42 Å². The molecule has 0 aliphatic carbocycles. The second kappa shape index (κ2) is 9.73. The number of sulfonamides is 1. The summed E-state index contributed by atoms with van der Waals surface area (Å²) in [5.41, 5.74) is 0.256. The van der Waals surface area contributed by atoms with Gasteiger partial charge in [-0.15, -0.1) is 24.0 Å².